The zero-order chi connectivity index (χ0) is 13.7. The van der Waals surface area contributed by atoms with Crippen molar-refractivity contribution in [2.75, 3.05) is 6.54 Å². The summed E-state index contributed by atoms with van der Waals surface area (Å²) in [5.74, 6) is 0. The Kier molecular flexibility index (Phi) is 5.77. The lowest BCUT2D eigenvalue weighted by Crippen LogP contribution is -2.36. The van der Waals surface area contributed by atoms with Gasteiger partial charge in [0.05, 0.1) is 0 Å². The molecule has 0 aliphatic heterocycles. The van der Waals surface area contributed by atoms with E-state index >= 15 is 0 Å². The summed E-state index contributed by atoms with van der Waals surface area (Å²) >= 11 is 2.03. The highest BCUT2D eigenvalue weighted by Crippen LogP contribution is 2.31. The van der Waals surface area contributed by atoms with Crippen molar-refractivity contribution in [3.63, 3.8) is 0 Å². The first-order valence-electron chi connectivity index (χ1n) is 7.76. The molecule has 0 heterocycles. The first-order valence-corrected chi connectivity index (χ1v) is 8.64. The van der Waals surface area contributed by atoms with Gasteiger partial charge in [-0.05, 0) is 61.9 Å². The lowest BCUT2D eigenvalue weighted by atomic mass is 10.1. The summed E-state index contributed by atoms with van der Waals surface area (Å²) in [4.78, 5) is 1.45. The van der Waals surface area contributed by atoms with Crippen LogP contribution in [0.25, 0.3) is 0 Å². The Morgan fingerprint density at radius 1 is 1.21 bits per heavy atom. The van der Waals surface area contributed by atoms with Crippen LogP contribution in [-0.4, -0.2) is 17.8 Å². The number of fused-ring (bicyclic) bond motifs is 1. The molecular formula is C17H27NS. The van der Waals surface area contributed by atoms with Crippen molar-refractivity contribution in [3.8, 4) is 0 Å². The first-order chi connectivity index (χ1) is 9.24. The first kappa shape index (κ1) is 14.9. The Morgan fingerprint density at radius 2 is 2.00 bits per heavy atom. The van der Waals surface area contributed by atoms with E-state index in [0.29, 0.717) is 11.3 Å². The van der Waals surface area contributed by atoms with Crippen LogP contribution in [0.1, 0.15) is 51.2 Å². The standard InChI is InChI=1S/C17H27NS/c1-4-11-18-17(5-2)13(3)19-16-10-9-14-7-6-8-15(14)12-16/h9-10,12-13,17-18H,4-8,11H2,1-3H3. The minimum absolute atomic E-state index is 0.623. The molecule has 1 aromatic carbocycles. The Bertz CT molecular complexity index is 402. The van der Waals surface area contributed by atoms with Gasteiger partial charge in [0.25, 0.3) is 0 Å². The maximum absolute atomic E-state index is 3.67. The summed E-state index contributed by atoms with van der Waals surface area (Å²) < 4.78 is 0. The molecule has 2 atom stereocenters. The molecule has 1 N–H and O–H groups in total. The third-order valence-electron chi connectivity index (χ3n) is 4.05. The maximum Gasteiger partial charge on any atom is 0.0220 e. The van der Waals surface area contributed by atoms with Gasteiger partial charge in [0.2, 0.25) is 0 Å². The van der Waals surface area contributed by atoms with Crippen molar-refractivity contribution in [3.05, 3.63) is 29.3 Å². The monoisotopic (exact) mass is 277 g/mol. The van der Waals surface area contributed by atoms with E-state index in [0.717, 1.165) is 6.54 Å². The van der Waals surface area contributed by atoms with Crippen molar-refractivity contribution in [2.45, 2.75) is 69.1 Å². The zero-order valence-electron chi connectivity index (χ0n) is 12.5. The Morgan fingerprint density at radius 3 is 2.74 bits per heavy atom. The molecular weight excluding hydrogens is 250 g/mol. The lowest BCUT2D eigenvalue weighted by molar-refractivity contribution is 0.494. The van der Waals surface area contributed by atoms with E-state index in [1.165, 1.54) is 37.0 Å². The van der Waals surface area contributed by atoms with Crippen LogP contribution in [0.5, 0.6) is 0 Å². The van der Waals surface area contributed by atoms with E-state index in [9.17, 15) is 0 Å². The second-order valence-corrected chi connectivity index (χ2v) is 7.03. The van der Waals surface area contributed by atoms with Gasteiger partial charge in [0.15, 0.2) is 0 Å². The summed E-state index contributed by atoms with van der Waals surface area (Å²) in [5, 5.41) is 4.31. The quantitative estimate of drug-likeness (QED) is 0.740. The van der Waals surface area contributed by atoms with Gasteiger partial charge >= 0.3 is 0 Å². The molecule has 19 heavy (non-hydrogen) atoms. The van der Waals surface area contributed by atoms with Crippen LogP contribution in [0.4, 0.5) is 0 Å². The maximum atomic E-state index is 3.67. The molecule has 0 spiro atoms. The molecule has 1 aromatic rings. The van der Waals surface area contributed by atoms with Gasteiger partial charge in [-0.1, -0.05) is 26.8 Å². The fourth-order valence-electron chi connectivity index (χ4n) is 2.89. The highest BCUT2D eigenvalue weighted by Gasteiger charge is 2.17. The fraction of sp³-hybridized carbons (Fsp3) is 0.647. The smallest absolute Gasteiger partial charge is 0.0220 e. The van der Waals surface area contributed by atoms with E-state index in [1.54, 1.807) is 11.1 Å². The average Bonchev–Trinajstić information content (AvgIpc) is 2.87. The lowest BCUT2D eigenvalue weighted by Gasteiger charge is -2.23. The SMILES string of the molecule is CCCNC(CC)C(C)Sc1ccc2c(c1)CCC2. The molecule has 2 rings (SSSR count). The summed E-state index contributed by atoms with van der Waals surface area (Å²) in [6.45, 7) is 8.01. The highest BCUT2D eigenvalue weighted by atomic mass is 32.2. The molecule has 2 unspecified atom stereocenters. The van der Waals surface area contributed by atoms with Crippen molar-refractivity contribution in [1.29, 1.82) is 0 Å². The summed E-state index contributed by atoms with van der Waals surface area (Å²) in [5.41, 5.74) is 3.17. The Hall–Kier alpha value is -0.470. The molecule has 1 aliphatic rings. The largest absolute Gasteiger partial charge is 0.313 e. The van der Waals surface area contributed by atoms with Gasteiger partial charge in [-0.2, -0.15) is 0 Å². The van der Waals surface area contributed by atoms with Crippen LogP contribution in [0.3, 0.4) is 0 Å². The van der Waals surface area contributed by atoms with Gasteiger partial charge < -0.3 is 5.32 Å². The van der Waals surface area contributed by atoms with Crippen LogP contribution < -0.4 is 5.32 Å². The average molecular weight is 277 g/mol. The van der Waals surface area contributed by atoms with Crippen molar-refractivity contribution in [2.24, 2.45) is 0 Å². The third-order valence-corrected chi connectivity index (χ3v) is 5.28. The van der Waals surface area contributed by atoms with E-state index in [2.05, 4.69) is 44.3 Å². The van der Waals surface area contributed by atoms with Crippen LogP contribution in [-0.2, 0) is 12.8 Å². The van der Waals surface area contributed by atoms with Gasteiger partial charge in [-0.25, -0.2) is 0 Å². The summed E-state index contributed by atoms with van der Waals surface area (Å²) in [6.07, 6.45) is 6.33. The Balaban J connectivity index is 1.95. The van der Waals surface area contributed by atoms with Crippen LogP contribution in [0.2, 0.25) is 0 Å². The Labute approximate surface area is 122 Å². The topological polar surface area (TPSA) is 12.0 Å². The summed E-state index contributed by atoms with van der Waals surface area (Å²) in [7, 11) is 0. The predicted molar refractivity (Wildman–Crippen MR) is 86.2 cm³/mol. The number of hydrogen-bond acceptors (Lipinski definition) is 2. The number of thioether (sulfide) groups is 1. The van der Waals surface area contributed by atoms with Crippen LogP contribution in [0.15, 0.2) is 23.1 Å². The zero-order valence-corrected chi connectivity index (χ0v) is 13.4. The van der Waals surface area contributed by atoms with Crippen molar-refractivity contribution in [1.82, 2.24) is 5.32 Å². The molecule has 0 saturated heterocycles. The number of benzene rings is 1. The minimum atomic E-state index is 0.623. The van der Waals surface area contributed by atoms with Crippen molar-refractivity contribution >= 4 is 11.8 Å². The minimum Gasteiger partial charge on any atom is -0.313 e. The van der Waals surface area contributed by atoms with Crippen LogP contribution >= 0.6 is 11.8 Å². The molecule has 0 bridgehead atoms. The number of aryl methyl sites for hydroxylation is 2. The molecule has 0 fully saturated rings. The number of rotatable bonds is 7. The van der Waals surface area contributed by atoms with Gasteiger partial charge in [-0.15, -0.1) is 11.8 Å². The molecule has 2 heteroatoms. The normalized spacial score (nSPS) is 17.2. The molecule has 106 valence electrons. The molecule has 0 aromatic heterocycles. The molecule has 0 saturated carbocycles. The molecule has 1 aliphatic carbocycles. The summed E-state index contributed by atoms with van der Waals surface area (Å²) in [6, 6.07) is 7.71. The van der Waals surface area contributed by atoms with E-state index in [-0.39, 0.29) is 0 Å². The third kappa shape index (κ3) is 4.00. The van der Waals surface area contributed by atoms with E-state index in [4.69, 9.17) is 0 Å². The second kappa shape index (κ2) is 7.35. The molecule has 0 amide bonds. The van der Waals surface area contributed by atoms with Gasteiger partial charge in [-0.3, -0.25) is 0 Å². The number of nitrogens with one attached hydrogen (secondary N) is 1. The number of hydrogen-bond donors (Lipinski definition) is 1. The van der Waals surface area contributed by atoms with Gasteiger partial charge in [0.1, 0.15) is 0 Å². The molecule has 0 radical (unpaired) electrons. The van der Waals surface area contributed by atoms with Gasteiger partial charge in [0, 0.05) is 16.2 Å². The molecule has 1 nitrogen and oxygen atoms in total. The fourth-order valence-corrected chi connectivity index (χ4v) is 4.13. The second-order valence-electron chi connectivity index (χ2n) is 5.58. The van der Waals surface area contributed by atoms with E-state index in [1.807, 2.05) is 11.8 Å². The van der Waals surface area contributed by atoms with Crippen LogP contribution in [0, 0.1) is 0 Å². The highest BCUT2D eigenvalue weighted by molar-refractivity contribution is 8.00. The predicted octanol–water partition coefficient (Wildman–Crippen LogP) is 4.43. The van der Waals surface area contributed by atoms with Crippen molar-refractivity contribution < 1.29 is 0 Å². The van der Waals surface area contributed by atoms with E-state index < -0.39 is 0 Å².